The van der Waals surface area contributed by atoms with Gasteiger partial charge in [-0.15, -0.1) is 5.10 Å². The van der Waals surface area contributed by atoms with Crippen LogP contribution in [0.1, 0.15) is 12.5 Å². The molecular weight excluding hydrogens is 332 g/mol. The Bertz CT molecular complexity index is 941. The molecule has 12 heteroatoms. The van der Waals surface area contributed by atoms with Gasteiger partial charge in [0, 0.05) is 17.7 Å². The van der Waals surface area contributed by atoms with Gasteiger partial charge in [-0.25, -0.2) is 14.6 Å². The van der Waals surface area contributed by atoms with Crippen molar-refractivity contribution < 1.29 is 14.4 Å². The maximum absolute atomic E-state index is 11.3. The van der Waals surface area contributed by atoms with Gasteiger partial charge in [0.1, 0.15) is 23.0 Å². The lowest BCUT2D eigenvalue weighted by Crippen LogP contribution is -2.42. The minimum absolute atomic E-state index is 0.0996. The van der Waals surface area contributed by atoms with Crippen molar-refractivity contribution in [1.29, 1.82) is 0 Å². The molecule has 1 atom stereocenters. The number of non-ortho nitro benzene ring substituents is 1. The number of nitro benzene ring substituents is 1. The Labute approximate surface area is 140 Å². The van der Waals surface area contributed by atoms with Crippen LogP contribution in [0.25, 0.3) is 11.0 Å². The lowest BCUT2D eigenvalue weighted by Gasteiger charge is -2.25. The molecule has 3 rings (SSSR count). The summed E-state index contributed by atoms with van der Waals surface area (Å²) in [5.41, 5.74) is 5.68. The molecule has 2 heterocycles. The zero-order valence-corrected chi connectivity index (χ0v) is 13.6. The Hall–Kier alpha value is -3.41. The Morgan fingerprint density at radius 3 is 2.48 bits per heavy atom. The summed E-state index contributed by atoms with van der Waals surface area (Å²) in [6.45, 7) is 1.60. The number of aromatic nitrogens is 6. The van der Waals surface area contributed by atoms with Crippen molar-refractivity contribution >= 4 is 16.7 Å². The molecule has 0 aliphatic rings. The monoisotopic (exact) mass is 346 g/mol. The number of nitrogens with two attached hydrogens (primary N) is 1. The van der Waals surface area contributed by atoms with Crippen molar-refractivity contribution in [3.05, 3.63) is 34.1 Å². The molecule has 12 nitrogen and oxygen atoms in total. The highest BCUT2D eigenvalue weighted by molar-refractivity contribution is 5.83. The van der Waals surface area contributed by atoms with Crippen LogP contribution in [0.4, 0.5) is 5.69 Å². The van der Waals surface area contributed by atoms with Crippen molar-refractivity contribution in [1.82, 2.24) is 30.2 Å². The molecular formula is C13H14N8O4. The van der Waals surface area contributed by atoms with Crippen LogP contribution in [-0.4, -0.2) is 49.3 Å². The van der Waals surface area contributed by atoms with E-state index in [4.69, 9.17) is 15.2 Å². The maximum Gasteiger partial charge on any atom is 0.278 e. The van der Waals surface area contributed by atoms with Crippen molar-refractivity contribution in [2.24, 2.45) is 5.73 Å². The average molecular weight is 346 g/mol. The first-order valence-electron chi connectivity index (χ1n) is 6.99. The van der Waals surface area contributed by atoms with E-state index in [-0.39, 0.29) is 23.0 Å². The summed E-state index contributed by atoms with van der Waals surface area (Å²) < 4.78 is 11.5. The maximum atomic E-state index is 11.3. The van der Waals surface area contributed by atoms with Gasteiger partial charge in [-0.05, 0) is 17.4 Å². The quantitative estimate of drug-likeness (QED) is 0.500. The predicted octanol–water partition coefficient (Wildman–Crippen LogP) is 0.221. The Balaban J connectivity index is 2.37. The minimum atomic E-state index is -1.32. The number of ether oxygens (including phenoxy) is 2. The zero-order chi connectivity index (χ0) is 18.2. The van der Waals surface area contributed by atoms with Crippen LogP contribution >= 0.6 is 0 Å². The minimum Gasteiger partial charge on any atom is -0.477 e. The largest absolute Gasteiger partial charge is 0.477 e. The fraction of sp³-hybridized carbons (Fsp3) is 0.308. The molecule has 0 saturated carbocycles. The molecule has 1 unspecified atom stereocenters. The first kappa shape index (κ1) is 16.4. The van der Waals surface area contributed by atoms with Crippen molar-refractivity contribution in [3.63, 3.8) is 0 Å². The van der Waals surface area contributed by atoms with E-state index < -0.39 is 10.6 Å². The SMILES string of the molecule is COc1nc2cc([N+](=O)[O-])cc(C(C)(N)n3cnnn3)c2nc1OC. The van der Waals surface area contributed by atoms with Gasteiger partial charge >= 0.3 is 0 Å². The van der Waals surface area contributed by atoms with Crippen LogP contribution in [0.2, 0.25) is 0 Å². The van der Waals surface area contributed by atoms with Gasteiger partial charge in [-0.3, -0.25) is 10.1 Å². The number of fused-ring (bicyclic) bond motifs is 1. The summed E-state index contributed by atoms with van der Waals surface area (Å²) in [5.74, 6) is 0.222. The summed E-state index contributed by atoms with van der Waals surface area (Å²) in [7, 11) is 2.80. The molecule has 0 spiro atoms. The van der Waals surface area contributed by atoms with E-state index >= 15 is 0 Å². The van der Waals surface area contributed by atoms with Gasteiger partial charge in [0.05, 0.1) is 19.1 Å². The fourth-order valence-electron chi connectivity index (χ4n) is 2.37. The number of nitrogens with zero attached hydrogens (tertiary/aromatic N) is 7. The van der Waals surface area contributed by atoms with Gasteiger partial charge in [-0.2, -0.15) is 0 Å². The highest BCUT2D eigenvalue weighted by Gasteiger charge is 2.31. The van der Waals surface area contributed by atoms with Crippen LogP contribution in [0.15, 0.2) is 18.5 Å². The van der Waals surface area contributed by atoms with E-state index in [2.05, 4.69) is 25.5 Å². The molecule has 25 heavy (non-hydrogen) atoms. The Morgan fingerprint density at radius 2 is 1.92 bits per heavy atom. The average Bonchev–Trinajstić information content (AvgIpc) is 3.14. The van der Waals surface area contributed by atoms with Gasteiger partial charge in [0.2, 0.25) is 0 Å². The predicted molar refractivity (Wildman–Crippen MR) is 84.1 cm³/mol. The third-order valence-corrected chi connectivity index (χ3v) is 3.66. The van der Waals surface area contributed by atoms with E-state index in [1.165, 1.54) is 37.4 Å². The fourth-order valence-corrected chi connectivity index (χ4v) is 2.37. The zero-order valence-electron chi connectivity index (χ0n) is 13.6. The Kier molecular flexibility index (Phi) is 3.88. The van der Waals surface area contributed by atoms with E-state index in [1.807, 2.05) is 0 Å². The second kappa shape index (κ2) is 5.90. The standard InChI is InChI=1S/C13H14N8O4/c1-13(14,20-6-15-18-19-20)8-4-7(21(22)23)5-9-10(8)17-12(25-3)11(16-9)24-2/h4-6H,14H2,1-3H3. The van der Waals surface area contributed by atoms with Gasteiger partial charge in [0.15, 0.2) is 0 Å². The van der Waals surface area contributed by atoms with Crippen molar-refractivity contribution in [2.75, 3.05) is 14.2 Å². The molecule has 0 bridgehead atoms. The van der Waals surface area contributed by atoms with Gasteiger partial charge in [-0.1, -0.05) is 0 Å². The van der Waals surface area contributed by atoms with E-state index in [9.17, 15) is 10.1 Å². The topological polar surface area (TPSA) is 157 Å². The molecule has 1 aromatic carbocycles. The van der Waals surface area contributed by atoms with Gasteiger partial charge in [0.25, 0.3) is 17.4 Å². The van der Waals surface area contributed by atoms with Crippen LogP contribution in [0.5, 0.6) is 11.8 Å². The van der Waals surface area contributed by atoms with Crippen molar-refractivity contribution in [3.8, 4) is 11.8 Å². The molecule has 130 valence electrons. The highest BCUT2D eigenvalue weighted by Crippen LogP contribution is 2.34. The van der Waals surface area contributed by atoms with E-state index in [1.54, 1.807) is 6.92 Å². The van der Waals surface area contributed by atoms with Crippen molar-refractivity contribution in [2.45, 2.75) is 12.6 Å². The first-order valence-corrected chi connectivity index (χ1v) is 6.99. The molecule has 0 aliphatic heterocycles. The molecule has 0 radical (unpaired) electrons. The lowest BCUT2D eigenvalue weighted by molar-refractivity contribution is -0.384. The molecule has 0 saturated heterocycles. The molecule has 0 aliphatic carbocycles. The third-order valence-electron chi connectivity index (χ3n) is 3.66. The number of nitro groups is 1. The molecule has 2 aromatic heterocycles. The van der Waals surface area contributed by atoms with E-state index in [0.29, 0.717) is 11.1 Å². The highest BCUT2D eigenvalue weighted by atomic mass is 16.6. The van der Waals surface area contributed by atoms with Crippen LogP contribution in [-0.2, 0) is 5.66 Å². The van der Waals surface area contributed by atoms with Gasteiger partial charge < -0.3 is 15.2 Å². The van der Waals surface area contributed by atoms with Crippen LogP contribution < -0.4 is 15.2 Å². The number of rotatable bonds is 5. The second-order valence-corrected chi connectivity index (χ2v) is 5.26. The summed E-state index contributed by atoms with van der Waals surface area (Å²) in [4.78, 5) is 19.3. The smallest absolute Gasteiger partial charge is 0.278 e. The number of hydrogen-bond acceptors (Lipinski definition) is 10. The third kappa shape index (κ3) is 2.67. The first-order chi connectivity index (χ1) is 11.9. The summed E-state index contributed by atoms with van der Waals surface area (Å²) >= 11 is 0. The second-order valence-electron chi connectivity index (χ2n) is 5.26. The van der Waals surface area contributed by atoms with Crippen LogP contribution in [0, 0.1) is 10.1 Å². The molecule has 3 aromatic rings. The molecule has 0 fully saturated rings. The summed E-state index contributed by atoms with van der Waals surface area (Å²) in [5, 5.41) is 22.2. The molecule has 0 amide bonds. The Morgan fingerprint density at radius 1 is 1.24 bits per heavy atom. The summed E-state index contributed by atoms with van der Waals surface area (Å²) in [6.07, 6.45) is 1.30. The van der Waals surface area contributed by atoms with E-state index in [0.717, 1.165) is 0 Å². The van der Waals surface area contributed by atoms with Crippen LogP contribution in [0.3, 0.4) is 0 Å². The number of tetrazole rings is 1. The summed E-state index contributed by atoms with van der Waals surface area (Å²) in [6, 6.07) is 2.59. The molecule has 2 N–H and O–H groups in total. The number of benzene rings is 1. The normalized spacial score (nSPS) is 13.4. The number of hydrogen-bond donors (Lipinski definition) is 1. The number of methoxy groups -OCH3 is 2. The lowest BCUT2D eigenvalue weighted by atomic mass is 9.99.